The normalized spacial score (nSPS) is 28.6. The predicted octanol–water partition coefficient (Wildman–Crippen LogP) is -0.488. The van der Waals surface area contributed by atoms with E-state index in [4.69, 9.17) is 15.6 Å². The maximum absolute atomic E-state index is 13.0. The molecule has 3 rings (SSSR count). The van der Waals surface area contributed by atoms with Gasteiger partial charge in [-0.05, 0) is 0 Å². The molecule has 1 aliphatic rings. The molecule has 0 spiro atoms. The first kappa shape index (κ1) is 12.9. The summed E-state index contributed by atoms with van der Waals surface area (Å²) in [7, 11) is 0. The summed E-state index contributed by atoms with van der Waals surface area (Å²) >= 11 is 0. The number of fused-ring (bicyclic) bond motifs is 1. The smallest absolute Gasteiger partial charge is 0.167 e. The summed E-state index contributed by atoms with van der Waals surface area (Å²) in [6.45, 7) is -0.432. The van der Waals surface area contributed by atoms with E-state index in [0.29, 0.717) is 11.2 Å². The van der Waals surface area contributed by atoms with Gasteiger partial charge in [0.05, 0.1) is 19.3 Å². The molecule has 1 aliphatic heterocycles. The lowest BCUT2D eigenvalue weighted by atomic mass is 10.1. The standard InChI is InChI=1S/C11H12FN5O3/c12-1-5-8(19)6(2-18)20-11(5)17-4-16-7-9(13)14-3-15-10(7)17/h1,3-4,6,8,11,18-19H,2H2,(H2,13,14,15)/b5-1-/t6-,8+,11-/m1/s1. The van der Waals surface area contributed by atoms with Crippen molar-refractivity contribution in [3.05, 3.63) is 24.6 Å². The molecule has 9 heteroatoms. The summed E-state index contributed by atoms with van der Waals surface area (Å²) in [6.07, 6.45) is -0.182. The molecule has 1 fully saturated rings. The van der Waals surface area contributed by atoms with Crippen molar-refractivity contribution in [2.75, 3.05) is 12.3 Å². The number of nitrogens with two attached hydrogens (primary N) is 1. The van der Waals surface area contributed by atoms with E-state index in [1.54, 1.807) is 0 Å². The maximum atomic E-state index is 13.0. The van der Waals surface area contributed by atoms with Crippen LogP contribution in [0, 0.1) is 0 Å². The third-order valence-corrected chi connectivity index (χ3v) is 3.23. The molecule has 2 aromatic rings. The van der Waals surface area contributed by atoms with Gasteiger partial charge in [0.1, 0.15) is 24.1 Å². The molecule has 8 nitrogen and oxygen atoms in total. The summed E-state index contributed by atoms with van der Waals surface area (Å²) in [5.41, 5.74) is 6.37. The first-order valence-corrected chi connectivity index (χ1v) is 5.85. The minimum absolute atomic E-state index is 0.0134. The fourth-order valence-electron chi connectivity index (χ4n) is 2.21. The Kier molecular flexibility index (Phi) is 3.08. The van der Waals surface area contributed by atoms with Gasteiger partial charge in [-0.15, -0.1) is 0 Å². The third-order valence-electron chi connectivity index (χ3n) is 3.23. The average Bonchev–Trinajstić information content (AvgIpc) is 3.00. The van der Waals surface area contributed by atoms with E-state index in [2.05, 4.69) is 15.0 Å². The van der Waals surface area contributed by atoms with Crippen molar-refractivity contribution < 1.29 is 19.3 Å². The Labute approximate surface area is 112 Å². The van der Waals surface area contributed by atoms with Crippen LogP contribution in [0.25, 0.3) is 11.2 Å². The van der Waals surface area contributed by atoms with Crippen LogP contribution in [-0.2, 0) is 4.74 Å². The van der Waals surface area contributed by atoms with Crippen LogP contribution in [0.15, 0.2) is 24.6 Å². The lowest BCUT2D eigenvalue weighted by Crippen LogP contribution is -2.25. The number of aliphatic hydroxyl groups is 2. The van der Waals surface area contributed by atoms with E-state index < -0.39 is 25.0 Å². The van der Waals surface area contributed by atoms with E-state index in [1.807, 2.05) is 0 Å². The summed E-state index contributed by atoms with van der Waals surface area (Å²) < 4.78 is 19.9. The highest BCUT2D eigenvalue weighted by Gasteiger charge is 2.40. The highest BCUT2D eigenvalue weighted by atomic mass is 19.1. The Bertz CT molecular complexity index is 673. The van der Waals surface area contributed by atoms with Gasteiger partial charge in [0.25, 0.3) is 0 Å². The summed E-state index contributed by atoms with van der Waals surface area (Å²) in [5.74, 6) is 0.191. The zero-order valence-electron chi connectivity index (χ0n) is 10.2. The molecule has 2 aromatic heterocycles. The molecule has 0 saturated carbocycles. The van der Waals surface area contributed by atoms with Gasteiger partial charge in [0, 0.05) is 5.57 Å². The van der Waals surface area contributed by atoms with Gasteiger partial charge in [-0.2, -0.15) is 0 Å². The van der Waals surface area contributed by atoms with Gasteiger partial charge in [-0.1, -0.05) is 0 Å². The summed E-state index contributed by atoms with van der Waals surface area (Å²) in [6, 6.07) is 0. The Morgan fingerprint density at radius 3 is 2.95 bits per heavy atom. The Morgan fingerprint density at radius 1 is 1.45 bits per heavy atom. The van der Waals surface area contributed by atoms with Crippen molar-refractivity contribution in [2.24, 2.45) is 0 Å². The molecule has 0 unspecified atom stereocenters. The van der Waals surface area contributed by atoms with Gasteiger partial charge in [-0.25, -0.2) is 19.3 Å². The van der Waals surface area contributed by atoms with Crippen molar-refractivity contribution >= 4 is 17.0 Å². The number of hydrogen-bond donors (Lipinski definition) is 3. The number of aromatic nitrogens is 4. The SMILES string of the molecule is Nc1ncnc2c1ncn2[C@@H]1O[C@H](CO)[C@@H](O)/C1=C/F. The Morgan fingerprint density at radius 2 is 2.25 bits per heavy atom. The zero-order chi connectivity index (χ0) is 14.3. The van der Waals surface area contributed by atoms with Gasteiger partial charge < -0.3 is 20.7 Å². The number of aliphatic hydroxyl groups excluding tert-OH is 2. The molecule has 20 heavy (non-hydrogen) atoms. The van der Waals surface area contributed by atoms with Gasteiger partial charge in [-0.3, -0.25) is 4.57 Å². The molecular weight excluding hydrogens is 269 g/mol. The van der Waals surface area contributed by atoms with Crippen LogP contribution in [0.3, 0.4) is 0 Å². The van der Waals surface area contributed by atoms with Crippen molar-refractivity contribution in [2.45, 2.75) is 18.4 Å². The Balaban J connectivity index is 2.09. The van der Waals surface area contributed by atoms with E-state index in [9.17, 15) is 9.50 Å². The molecule has 0 aromatic carbocycles. The van der Waals surface area contributed by atoms with Crippen LogP contribution in [0.1, 0.15) is 6.23 Å². The molecule has 4 N–H and O–H groups in total. The van der Waals surface area contributed by atoms with Crippen LogP contribution in [0.5, 0.6) is 0 Å². The Hall–Kier alpha value is -2.10. The minimum atomic E-state index is -1.23. The fourth-order valence-corrected chi connectivity index (χ4v) is 2.21. The second-order valence-electron chi connectivity index (χ2n) is 4.35. The first-order valence-electron chi connectivity index (χ1n) is 5.85. The molecule has 0 amide bonds. The predicted molar refractivity (Wildman–Crippen MR) is 65.9 cm³/mol. The zero-order valence-corrected chi connectivity index (χ0v) is 10.2. The number of anilines is 1. The lowest BCUT2D eigenvalue weighted by molar-refractivity contribution is -0.0422. The number of hydrogen-bond acceptors (Lipinski definition) is 7. The third kappa shape index (κ3) is 1.75. The highest BCUT2D eigenvalue weighted by molar-refractivity contribution is 5.81. The average molecular weight is 281 g/mol. The molecule has 3 atom stereocenters. The number of nitrogen functional groups attached to an aromatic ring is 1. The summed E-state index contributed by atoms with van der Waals surface area (Å²) in [4.78, 5) is 11.9. The van der Waals surface area contributed by atoms with Crippen molar-refractivity contribution in [3.63, 3.8) is 0 Å². The van der Waals surface area contributed by atoms with Crippen LogP contribution in [-0.4, -0.2) is 48.5 Å². The quantitative estimate of drug-likeness (QED) is 0.679. The highest BCUT2D eigenvalue weighted by Crippen LogP contribution is 2.36. The molecule has 1 saturated heterocycles. The largest absolute Gasteiger partial charge is 0.394 e. The number of rotatable bonds is 2. The number of ether oxygens (including phenoxy) is 1. The number of imidazole rings is 1. The van der Waals surface area contributed by atoms with Crippen LogP contribution in [0.2, 0.25) is 0 Å². The van der Waals surface area contributed by atoms with Gasteiger partial charge in [0.15, 0.2) is 17.7 Å². The first-order chi connectivity index (χ1) is 9.67. The van der Waals surface area contributed by atoms with Crippen LogP contribution in [0.4, 0.5) is 10.2 Å². The number of halogens is 1. The van der Waals surface area contributed by atoms with Gasteiger partial charge >= 0.3 is 0 Å². The molecule has 0 aliphatic carbocycles. The lowest BCUT2D eigenvalue weighted by Gasteiger charge is -2.13. The number of nitrogens with zero attached hydrogens (tertiary/aromatic N) is 4. The van der Waals surface area contributed by atoms with Crippen LogP contribution < -0.4 is 5.73 Å². The van der Waals surface area contributed by atoms with E-state index in [-0.39, 0.29) is 17.7 Å². The topological polar surface area (TPSA) is 119 Å². The maximum Gasteiger partial charge on any atom is 0.167 e. The second-order valence-corrected chi connectivity index (χ2v) is 4.35. The van der Waals surface area contributed by atoms with E-state index in [0.717, 1.165) is 0 Å². The fraction of sp³-hybridized carbons (Fsp3) is 0.364. The summed E-state index contributed by atoms with van der Waals surface area (Å²) in [5, 5.41) is 19.0. The van der Waals surface area contributed by atoms with Crippen molar-refractivity contribution in [1.29, 1.82) is 0 Å². The molecule has 0 bridgehead atoms. The molecular formula is C11H12FN5O3. The van der Waals surface area contributed by atoms with E-state index in [1.165, 1.54) is 17.2 Å². The van der Waals surface area contributed by atoms with Crippen molar-refractivity contribution in [1.82, 2.24) is 19.5 Å². The van der Waals surface area contributed by atoms with Gasteiger partial charge in [0.2, 0.25) is 0 Å². The monoisotopic (exact) mass is 281 g/mol. The molecule has 0 radical (unpaired) electrons. The minimum Gasteiger partial charge on any atom is -0.394 e. The molecule has 106 valence electrons. The van der Waals surface area contributed by atoms with E-state index >= 15 is 0 Å². The molecule has 3 heterocycles. The second kappa shape index (κ2) is 4.78. The van der Waals surface area contributed by atoms with Crippen molar-refractivity contribution in [3.8, 4) is 0 Å². The van der Waals surface area contributed by atoms with Crippen LogP contribution >= 0.6 is 0 Å².